The van der Waals surface area contributed by atoms with Crippen molar-refractivity contribution in [1.29, 1.82) is 0 Å². The number of rotatable bonds is 3. The number of Topliss-reactive ketones (excluding diaryl/α,β-unsaturated/α-hetero) is 1. The quantitative estimate of drug-likeness (QED) is 0.844. The molecule has 0 aliphatic heterocycles. The van der Waals surface area contributed by atoms with Gasteiger partial charge in [0.05, 0.1) is 0 Å². The van der Waals surface area contributed by atoms with Crippen LogP contribution in [0, 0.1) is 5.41 Å². The molecule has 0 amide bonds. The number of carbonyl (C=O) groups excluding carboxylic acids is 1. The number of carbonyl (C=O) groups is 1. The highest BCUT2D eigenvalue weighted by Gasteiger charge is 2.43. The molecule has 1 aromatic heterocycles. The van der Waals surface area contributed by atoms with Crippen molar-refractivity contribution in [1.82, 2.24) is 0 Å². The molecule has 3 heteroatoms. The van der Waals surface area contributed by atoms with Crippen LogP contribution in [0.2, 0.25) is 0 Å². The van der Waals surface area contributed by atoms with Gasteiger partial charge >= 0.3 is 0 Å². The fraction of sp³-hybridized carbons (Fsp3) is 0.357. The van der Waals surface area contributed by atoms with Crippen LogP contribution >= 0.6 is 11.3 Å². The van der Waals surface area contributed by atoms with E-state index in [1.54, 1.807) is 11.3 Å². The first-order chi connectivity index (χ1) is 8.27. The first kappa shape index (κ1) is 10.9. The average Bonchev–Trinajstić information content (AvgIpc) is 2.71. The molecule has 0 unspecified atom stereocenters. The second-order valence-corrected chi connectivity index (χ2v) is 5.72. The third kappa shape index (κ3) is 1.53. The monoisotopic (exact) mass is 245 g/mol. The second kappa shape index (κ2) is 3.93. The number of benzene rings is 1. The summed E-state index contributed by atoms with van der Waals surface area (Å²) >= 11 is 1.64. The first-order valence-electron chi connectivity index (χ1n) is 5.98. The maximum Gasteiger partial charge on any atom is 0.171 e. The van der Waals surface area contributed by atoms with Gasteiger partial charge in [-0.25, -0.2) is 0 Å². The molecule has 0 radical (unpaired) electrons. The number of hydrogen-bond donors (Lipinski definition) is 1. The topological polar surface area (TPSA) is 43.1 Å². The lowest BCUT2D eigenvalue weighted by Crippen LogP contribution is -2.44. The van der Waals surface area contributed by atoms with Gasteiger partial charge in [0.1, 0.15) is 0 Å². The van der Waals surface area contributed by atoms with E-state index in [0.717, 1.165) is 30.2 Å². The van der Waals surface area contributed by atoms with Gasteiger partial charge in [-0.3, -0.25) is 4.79 Å². The van der Waals surface area contributed by atoms with Crippen molar-refractivity contribution in [3.63, 3.8) is 0 Å². The van der Waals surface area contributed by atoms with Crippen molar-refractivity contribution in [2.45, 2.75) is 19.3 Å². The van der Waals surface area contributed by atoms with Crippen LogP contribution in [-0.2, 0) is 0 Å². The van der Waals surface area contributed by atoms with Crippen molar-refractivity contribution in [2.75, 3.05) is 6.54 Å². The minimum atomic E-state index is -0.260. The van der Waals surface area contributed by atoms with Gasteiger partial charge in [-0.1, -0.05) is 24.6 Å². The van der Waals surface area contributed by atoms with E-state index in [9.17, 15) is 4.79 Å². The Labute approximate surface area is 104 Å². The van der Waals surface area contributed by atoms with Crippen LogP contribution in [0.5, 0.6) is 0 Å². The van der Waals surface area contributed by atoms with Crippen molar-refractivity contribution < 1.29 is 4.79 Å². The Balaban J connectivity index is 2.07. The van der Waals surface area contributed by atoms with Crippen molar-refractivity contribution in [3.8, 4) is 0 Å². The molecular formula is C14H15NOS. The highest BCUT2D eigenvalue weighted by Crippen LogP contribution is 2.44. The van der Waals surface area contributed by atoms with Gasteiger partial charge in [-0.2, -0.15) is 0 Å². The highest BCUT2D eigenvalue weighted by atomic mass is 32.1. The maximum atomic E-state index is 12.6. The molecule has 3 rings (SSSR count). The third-order valence-corrected chi connectivity index (χ3v) is 4.87. The van der Waals surface area contributed by atoms with E-state index >= 15 is 0 Å². The summed E-state index contributed by atoms with van der Waals surface area (Å²) in [6.07, 6.45) is 3.03. The summed E-state index contributed by atoms with van der Waals surface area (Å²) in [4.78, 5) is 12.6. The molecule has 0 bridgehead atoms. The number of ketones is 1. The normalized spacial score (nSPS) is 17.9. The smallest absolute Gasteiger partial charge is 0.171 e. The standard InChI is InChI=1S/C14H15NOS/c15-9-14(6-3-7-14)13(16)11-8-17-12-5-2-1-4-10(11)12/h1-2,4-5,8H,3,6-7,9,15H2. The Kier molecular flexibility index (Phi) is 2.53. The predicted molar refractivity (Wildman–Crippen MR) is 71.5 cm³/mol. The van der Waals surface area contributed by atoms with Crippen LogP contribution in [0.4, 0.5) is 0 Å². The number of fused-ring (bicyclic) bond motifs is 1. The summed E-state index contributed by atoms with van der Waals surface area (Å²) in [5.74, 6) is 0.253. The summed E-state index contributed by atoms with van der Waals surface area (Å²) < 4.78 is 1.18. The molecule has 2 aromatic rings. The summed E-state index contributed by atoms with van der Waals surface area (Å²) in [7, 11) is 0. The molecule has 1 saturated carbocycles. The van der Waals surface area contributed by atoms with Gasteiger partial charge in [0.2, 0.25) is 0 Å². The molecule has 1 fully saturated rings. The summed E-state index contributed by atoms with van der Waals surface area (Å²) in [5, 5.41) is 3.07. The largest absolute Gasteiger partial charge is 0.329 e. The summed E-state index contributed by atoms with van der Waals surface area (Å²) in [6, 6.07) is 8.09. The number of thiophene rings is 1. The molecule has 0 atom stereocenters. The second-order valence-electron chi connectivity index (χ2n) is 4.81. The number of hydrogen-bond acceptors (Lipinski definition) is 3. The average molecular weight is 245 g/mol. The van der Waals surface area contributed by atoms with Crippen molar-refractivity contribution >= 4 is 27.2 Å². The molecule has 88 valence electrons. The van der Waals surface area contributed by atoms with Gasteiger partial charge in [0.25, 0.3) is 0 Å². The Morgan fingerprint density at radius 3 is 2.76 bits per heavy atom. The van der Waals surface area contributed by atoms with Crippen LogP contribution in [0.3, 0.4) is 0 Å². The zero-order chi connectivity index (χ0) is 11.9. The van der Waals surface area contributed by atoms with Crippen LogP contribution in [0.15, 0.2) is 29.6 Å². The van der Waals surface area contributed by atoms with Gasteiger partial charge in [0, 0.05) is 33.0 Å². The van der Waals surface area contributed by atoms with E-state index in [1.165, 1.54) is 4.70 Å². The lowest BCUT2D eigenvalue weighted by Gasteiger charge is -2.39. The zero-order valence-corrected chi connectivity index (χ0v) is 10.4. The molecule has 1 aromatic carbocycles. The molecule has 2 nitrogen and oxygen atoms in total. The van der Waals surface area contributed by atoms with E-state index in [0.29, 0.717) is 6.54 Å². The van der Waals surface area contributed by atoms with E-state index in [1.807, 2.05) is 23.6 Å². The van der Waals surface area contributed by atoms with Gasteiger partial charge < -0.3 is 5.73 Å². The lowest BCUT2D eigenvalue weighted by molar-refractivity contribution is 0.0638. The lowest BCUT2D eigenvalue weighted by atomic mass is 9.64. The molecule has 17 heavy (non-hydrogen) atoms. The van der Waals surface area contributed by atoms with Crippen LogP contribution in [0.25, 0.3) is 10.1 Å². The Morgan fingerprint density at radius 2 is 2.12 bits per heavy atom. The van der Waals surface area contributed by atoms with Gasteiger partial charge in [-0.15, -0.1) is 11.3 Å². The Bertz CT molecular complexity index is 563. The van der Waals surface area contributed by atoms with Crippen LogP contribution in [-0.4, -0.2) is 12.3 Å². The number of nitrogens with two attached hydrogens (primary N) is 1. The fourth-order valence-electron chi connectivity index (χ4n) is 2.57. The van der Waals surface area contributed by atoms with Crippen molar-refractivity contribution in [3.05, 3.63) is 35.2 Å². The van der Waals surface area contributed by atoms with E-state index in [-0.39, 0.29) is 11.2 Å². The van der Waals surface area contributed by atoms with Gasteiger partial charge in [0.15, 0.2) is 5.78 Å². The SMILES string of the molecule is NCC1(C(=O)c2csc3ccccc23)CCC1. The molecular weight excluding hydrogens is 230 g/mol. The van der Waals surface area contributed by atoms with Crippen LogP contribution in [0.1, 0.15) is 29.6 Å². The fourth-order valence-corrected chi connectivity index (χ4v) is 3.51. The molecule has 0 saturated heterocycles. The first-order valence-corrected chi connectivity index (χ1v) is 6.86. The maximum absolute atomic E-state index is 12.6. The van der Waals surface area contributed by atoms with E-state index < -0.39 is 0 Å². The Hall–Kier alpha value is -1.19. The highest BCUT2D eigenvalue weighted by molar-refractivity contribution is 7.17. The van der Waals surface area contributed by atoms with Gasteiger partial charge in [-0.05, 0) is 18.9 Å². The molecule has 0 spiro atoms. The summed E-state index contributed by atoms with van der Waals surface area (Å²) in [5.41, 5.74) is 6.41. The van der Waals surface area contributed by atoms with Crippen molar-refractivity contribution in [2.24, 2.45) is 11.1 Å². The predicted octanol–water partition coefficient (Wildman–Crippen LogP) is 3.21. The van der Waals surface area contributed by atoms with Crippen LogP contribution < -0.4 is 5.73 Å². The summed E-state index contributed by atoms with van der Waals surface area (Å²) in [6.45, 7) is 0.482. The third-order valence-electron chi connectivity index (χ3n) is 3.91. The Morgan fingerprint density at radius 1 is 1.35 bits per heavy atom. The van der Waals surface area contributed by atoms with E-state index in [4.69, 9.17) is 5.73 Å². The molecule has 1 aliphatic rings. The minimum absolute atomic E-state index is 0.253. The molecule has 2 N–H and O–H groups in total. The molecule has 1 aliphatic carbocycles. The van der Waals surface area contributed by atoms with E-state index in [2.05, 4.69) is 6.07 Å². The molecule has 1 heterocycles. The zero-order valence-electron chi connectivity index (χ0n) is 9.61. The minimum Gasteiger partial charge on any atom is -0.329 e.